The lowest BCUT2D eigenvalue weighted by Gasteiger charge is -2.35. The van der Waals surface area contributed by atoms with Gasteiger partial charge in [-0.25, -0.2) is 0 Å². The molecule has 0 saturated carbocycles. The minimum Gasteiger partial charge on any atom is -0.480 e. The molecule has 20 heavy (non-hydrogen) atoms. The molecule has 0 radical (unpaired) electrons. The number of aliphatic carboxylic acids is 1. The zero-order chi connectivity index (χ0) is 14.4. The van der Waals surface area contributed by atoms with Gasteiger partial charge in [0.15, 0.2) is 0 Å². The van der Waals surface area contributed by atoms with Crippen molar-refractivity contribution >= 4 is 5.97 Å². The Balaban J connectivity index is 1.82. The van der Waals surface area contributed by atoms with Crippen molar-refractivity contribution in [2.24, 2.45) is 0 Å². The number of carboxylic acids is 1. The van der Waals surface area contributed by atoms with Crippen molar-refractivity contribution in [3.05, 3.63) is 35.9 Å². The standard InChI is InChI=1S/C15H22N2O3/c1-16-7-9-17(10-8-16)14(15(18)19)12-20-11-13-5-3-2-4-6-13/h2-6,14H,7-12H2,1H3,(H,18,19). The molecule has 0 aliphatic carbocycles. The van der Waals surface area contributed by atoms with E-state index in [9.17, 15) is 9.90 Å². The third-order valence-electron chi connectivity index (χ3n) is 3.65. The van der Waals surface area contributed by atoms with Gasteiger partial charge in [-0.2, -0.15) is 0 Å². The minimum atomic E-state index is -0.803. The molecule has 1 N–H and O–H groups in total. The molecule has 1 unspecified atom stereocenters. The highest BCUT2D eigenvalue weighted by Gasteiger charge is 2.28. The first-order valence-corrected chi connectivity index (χ1v) is 6.94. The van der Waals surface area contributed by atoms with Crippen LogP contribution in [0.25, 0.3) is 0 Å². The molecular formula is C15H22N2O3. The highest BCUT2D eigenvalue weighted by Crippen LogP contribution is 2.08. The van der Waals surface area contributed by atoms with Crippen molar-refractivity contribution in [2.45, 2.75) is 12.6 Å². The van der Waals surface area contributed by atoms with Crippen LogP contribution in [0.3, 0.4) is 0 Å². The topological polar surface area (TPSA) is 53.0 Å². The maximum atomic E-state index is 11.4. The van der Waals surface area contributed by atoms with Gasteiger partial charge in [0.1, 0.15) is 6.04 Å². The molecule has 1 aliphatic rings. The maximum Gasteiger partial charge on any atom is 0.323 e. The number of piperazine rings is 1. The molecule has 1 fully saturated rings. The van der Waals surface area contributed by atoms with E-state index in [1.807, 2.05) is 35.2 Å². The van der Waals surface area contributed by atoms with Gasteiger partial charge in [-0.3, -0.25) is 9.69 Å². The molecule has 5 nitrogen and oxygen atoms in total. The number of likely N-dealkylation sites (N-methyl/N-ethyl adjacent to an activating group) is 1. The molecule has 0 aromatic heterocycles. The molecule has 1 atom stereocenters. The average molecular weight is 278 g/mol. The number of hydrogen-bond donors (Lipinski definition) is 1. The van der Waals surface area contributed by atoms with Crippen LogP contribution in [0.4, 0.5) is 0 Å². The van der Waals surface area contributed by atoms with Crippen molar-refractivity contribution in [2.75, 3.05) is 39.8 Å². The lowest BCUT2D eigenvalue weighted by molar-refractivity contribution is -0.146. The van der Waals surface area contributed by atoms with Gasteiger partial charge < -0.3 is 14.7 Å². The second-order valence-corrected chi connectivity index (χ2v) is 5.19. The summed E-state index contributed by atoms with van der Waals surface area (Å²) in [5.41, 5.74) is 1.06. The Kier molecular flexibility index (Phi) is 5.52. The SMILES string of the molecule is CN1CCN(C(COCc2ccccc2)C(=O)O)CC1. The number of nitrogens with zero attached hydrogens (tertiary/aromatic N) is 2. The second-order valence-electron chi connectivity index (χ2n) is 5.19. The van der Waals surface area contributed by atoms with Gasteiger partial charge in [0.2, 0.25) is 0 Å². The molecule has 1 saturated heterocycles. The number of rotatable bonds is 6. The van der Waals surface area contributed by atoms with Crippen LogP contribution in [-0.4, -0.2) is 66.8 Å². The van der Waals surface area contributed by atoms with E-state index < -0.39 is 12.0 Å². The quantitative estimate of drug-likeness (QED) is 0.838. The molecule has 1 aromatic carbocycles. The Labute approximate surface area is 119 Å². The summed E-state index contributed by atoms with van der Waals surface area (Å²) in [4.78, 5) is 15.6. The van der Waals surface area contributed by atoms with Crippen molar-refractivity contribution in [1.29, 1.82) is 0 Å². The Morgan fingerprint density at radius 1 is 1.25 bits per heavy atom. The number of carboxylic acid groups (broad SMARTS) is 1. The Hall–Kier alpha value is -1.43. The summed E-state index contributed by atoms with van der Waals surface area (Å²) >= 11 is 0. The first-order chi connectivity index (χ1) is 9.66. The fourth-order valence-corrected chi connectivity index (χ4v) is 2.33. The summed E-state index contributed by atoms with van der Waals surface area (Å²) in [6, 6.07) is 9.26. The van der Waals surface area contributed by atoms with Gasteiger partial charge in [-0.15, -0.1) is 0 Å². The van der Waals surface area contributed by atoms with Crippen LogP contribution < -0.4 is 0 Å². The van der Waals surface area contributed by atoms with Crippen LogP contribution in [0, 0.1) is 0 Å². The minimum absolute atomic E-state index is 0.230. The molecule has 2 rings (SSSR count). The van der Waals surface area contributed by atoms with E-state index >= 15 is 0 Å². The number of benzene rings is 1. The summed E-state index contributed by atoms with van der Waals surface area (Å²) < 4.78 is 5.59. The maximum absolute atomic E-state index is 11.4. The first kappa shape index (κ1) is 15.0. The zero-order valence-electron chi connectivity index (χ0n) is 11.9. The fraction of sp³-hybridized carbons (Fsp3) is 0.533. The molecule has 0 bridgehead atoms. The molecule has 1 heterocycles. The summed E-state index contributed by atoms with van der Waals surface area (Å²) in [6.07, 6.45) is 0. The Morgan fingerprint density at radius 3 is 2.50 bits per heavy atom. The lowest BCUT2D eigenvalue weighted by Crippen LogP contribution is -2.53. The van der Waals surface area contributed by atoms with Crippen molar-refractivity contribution in [3.63, 3.8) is 0 Å². The van der Waals surface area contributed by atoms with Crippen LogP contribution in [-0.2, 0) is 16.1 Å². The van der Waals surface area contributed by atoms with Crippen LogP contribution in [0.15, 0.2) is 30.3 Å². The monoisotopic (exact) mass is 278 g/mol. The van der Waals surface area contributed by atoms with E-state index in [4.69, 9.17) is 4.74 Å². The second kappa shape index (κ2) is 7.38. The van der Waals surface area contributed by atoms with Gasteiger partial charge in [0.25, 0.3) is 0 Å². The highest BCUT2D eigenvalue weighted by atomic mass is 16.5. The molecular weight excluding hydrogens is 256 g/mol. The molecule has 1 aromatic rings. The smallest absolute Gasteiger partial charge is 0.323 e. The van der Waals surface area contributed by atoms with Gasteiger partial charge in [-0.05, 0) is 12.6 Å². The van der Waals surface area contributed by atoms with E-state index in [2.05, 4.69) is 11.9 Å². The summed E-state index contributed by atoms with van der Waals surface area (Å²) in [5, 5.41) is 9.35. The van der Waals surface area contributed by atoms with E-state index in [0.717, 1.165) is 31.7 Å². The molecule has 1 aliphatic heterocycles. The number of ether oxygens (including phenoxy) is 1. The van der Waals surface area contributed by atoms with Crippen LogP contribution >= 0.6 is 0 Å². The predicted octanol–water partition coefficient (Wildman–Crippen LogP) is 0.904. The lowest BCUT2D eigenvalue weighted by atomic mass is 10.2. The fourth-order valence-electron chi connectivity index (χ4n) is 2.33. The van der Waals surface area contributed by atoms with Gasteiger partial charge >= 0.3 is 5.97 Å². The highest BCUT2D eigenvalue weighted by molar-refractivity contribution is 5.73. The Bertz CT molecular complexity index is 416. The normalized spacial score (nSPS) is 18.9. The van der Waals surface area contributed by atoms with Crippen LogP contribution in [0.2, 0.25) is 0 Å². The van der Waals surface area contributed by atoms with E-state index in [-0.39, 0.29) is 6.61 Å². The number of hydrogen-bond acceptors (Lipinski definition) is 4. The largest absolute Gasteiger partial charge is 0.480 e. The van der Waals surface area contributed by atoms with Crippen LogP contribution in [0.5, 0.6) is 0 Å². The van der Waals surface area contributed by atoms with Crippen molar-refractivity contribution in [1.82, 2.24) is 9.80 Å². The summed E-state index contributed by atoms with van der Waals surface area (Å²) in [5.74, 6) is -0.803. The van der Waals surface area contributed by atoms with Crippen LogP contribution in [0.1, 0.15) is 5.56 Å². The Morgan fingerprint density at radius 2 is 1.90 bits per heavy atom. The molecule has 5 heteroatoms. The summed E-state index contributed by atoms with van der Waals surface area (Å²) in [7, 11) is 2.05. The van der Waals surface area contributed by atoms with E-state index in [1.165, 1.54) is 0 Å². The van der Waals surface area contributed by atoms with Gasteiger partial charge in [0.05, 0.1) is 13.2 Å². The van der Waals surface area contributed by atoms with Gasteiger partial charge in [0, 0.05) is 26.2 Å². The van der Waals surface area contributed by atoms with Crippen molar-refractivity contribution in [3.8, 4) is 0 Å². The summed E-state index contributed by atoms with van der Waals surface area (Å²) in [6.45, 7) is 4.06. The van der Waals surface area contributed by atoms with E-state index in [0.29, 0.717) is 6.61 Å². The molecule has 110 valence electrons. The molecule has 0 spiro atoms. The molecule has 0 amide bonds. The zero-order valence-corrected chi connectivity index (χ0v) is 11.9. The predicted molar refractivity (Wildman–Crippen MR) is 76.6 cm³/mol. The van der Waals surface area contributed by atoms with E-state index in [1.54, 1.807) is 0 Å². The average Bonchev–Trinajstić information content (AvgIpc) is 2.46. The third kappa shape index (κ3) is 4.30. The number of carbonyl (C=O) groups is 1. The van der Waals surface area contributed by atoms with Gasteiger partial charge in [-0.1, -0.05) is 30.3 Å². The third-order valence-corrected chi connectivity index (χ3v) is 3.65. The van der Waals surface area contributed by atoms with Crippen molar-refractivity contribution < 1.29 is 14.6 Å². The first-order valence-electron chi connectivity index (χ1n) is 6.94.